The number of carbonyl (C=O) groups excluding carboxylic acids is 2. The van der Waals surface area contributed by atoms with Crippen molar-refractivity contribution >= 4 is 17.9 Å². The maximum absolute atomic E-state index is 11.9. The third-order valence-electron chi connectivity index (χ3n) is 3.96. The van der Waals surface area contributed by atoms with Gasteiger partial charge in [-0.15, -0.1) is 6.42 Å². The Morgan fingerprint density at radius 3 is 2.10 bits per heavy atom. The number of amides is 2. The molecule has 0 saturated carbocycles. The quantitative estimate of drug-likeness (QED) is 0.711. The molecule has 8 nitrogen and oxygen atoms in total. The van der Waals surface area contributed by atoms with E-state index in [1.807, 2.05) is 12.1 Å². The number of nitrogens with one attached hydrogen (secondary N) is 1. The van der Waals surface area contributed by atoms with Crippen molar-refractivity contribution in [3.05, 3.63) is 53.6 Å². The molecule has 2 aromatic rings. The number of nitrogens with zero attached hydrogens (tertiary/aromatic N) is 2. The standard InChI is InChI=1S/C22H25N3O5/c1-6-15-8-7-9-17(10-15)23-14-20(26)16-11-18(29-21(27)24(2)3)13-19(12-16)30-22(28)25(4)5/h1,7-13,20,23,26H,14H2,2-5H3. The van der Waals surface area contributed by atoms with Gasteiger partial charge >= 0.3 is 12.2 Å². The van der Waals surface area contributed by atoms with Gasteiger partial charge in [0.1, 0.15) is 11.5 Å². The number of hydrogen-bond acceptors (Lipinski definition) is 6. The lowest BCUT2D eigenvalue weighted by molar-refractivity contribution is 0.168. The first-order valence-electron chi connectivity index (χ1n) is 9.11. The Balaban J connectivity index is 2.23. The van der Waals surface area contributed by atoms with Gasteiger partial charge in [0.05, 0.1) is 6.10 Å². The van der Waals surface area contributed by atoms with E-state index in [2.05, 4.69) is 11.2 Å². The van der Waals surface area contributed by atoms with Gasteiger partial charge in [-0.25, -0.2) is 9.59 Å². The van der Waals surface area contributed by atoms with E-state index in [1.54, 1.807) is 40.3 Å². The first-order valence-corrected chi connectivity index (χ1v) is 9.11. The third-order valence-corrected chi connectivity index (χ3v) is 3.96. The summed E-state index contributed by atoms with van der Waals surface area (Å²) in [6, 6.07) is 11.7. The zero-order chi connectivity index (χ0) is 22.3. The van der Waals surface area contributed by atoms with Gasteiger partial charge in [0.15, 0.2) is 0 Å². The van der Waals surface area contributed by atoms with E-state index in [1.165, 1.54) is 28.0 Å². The lowest BCUT2D eigenvalue weighted by Crippen LogP contribution is -2.26. The molecule has 0 radical (unpaired) electrons. The molecule has 2 aromatic carbocycles. The van der Waals surface area contributed by atoms with Crippen LogP contribution in [0.2, 0.25) is 0 Å². The zero-order valence-corrected chi connectivity index (χ0v) is 17.4. The van der Waals surface area contributed by atoms with Crippen LogP contribution < -0.4 is 14.8 Å². The maximum atomic E-state index is 11.9. The van der Waals surface area contributed by atoms with E-state index in [0.717, 1.165) is 5.69 Å². The monoisotopic (exact) mass is 411 g/mol. The van der Waals surface area contributed by atoms with Crippen LogP contribution in [0.3, 0.4) is 0 Å². The second-order valence-electron chi connectivity index (χ2n) is 6.88. The molecule has 8 heteroatoms. The van der Waals surface area contributed by atoms with Crippen molar-refractivity contribution in [1.29, 1.82) is 0 Å². The molecule has 0 aliphatic rings. The second kappa shape index (κ2) is 10.2. The molecule has 0 fully saturated rings. The summed E-state index contributed by atoms with van der Waals surface area (Å²) in [5, 5.41) is 13.7. The van der Waals surface area contributed by atoms with Crippen LogP contribution in [-0.4, -0.2) is 61.8 Å². The fraction of sp³-hybridized carbons (Fsp3) is 0.273. The van der Waals surface area contributed by atoms with Crippen LogP contribution in [0.25, 0.3) is 0 Å². The first kappa shape index (κ1) is 22.6. The Morgan fingerprint density at radius 2 is 1.60 bits per heavy atom. The number of aliphatic hydroxyl groups excluding tert-OH is 1. The van der Waals surface area contributed by atoms with E-state index >= 15 is 0 Å². The van der Waals surface area contributed by atoms with Crippen molar-refractivity contribution < 1.29 is 24.2 Å². The van der Waals surface area contributed by atoms with Crippen molar-refractivity contribution in [2.45, 2.75) is 6.10 Å². The van der Waals surface area contributed by atoms with Gasteiger partial charge in [-0.05, 0) is 35.9 Å². The fourth-order valence-electron chi connectivity index (χ4n) is 2.34. The topological polar surface area (TPSA) is 91.3 Å². The van der Waals surface area contributed by atoms with Crippen LogP contribution in [0.4, 0.5) is 15.3 Å². The van der Waals surface area contributed by atoms with Gasteiger partial charge in [0.25, 0.3) is 0 Å². The predicted octanol–water partition coefficient (Wildman–Crippen LogP) is 2.93. The summed E-state index contributed by atoms with van der Waals surface area (Å²) < 4.78 is 10.5. The molecule has 2 N–H and O–H groups in total. The molecule has 0 aromatic heterocycles. The molecule has 0 spiro atoms. The Kier molecular flexibility index (Phi) is 7.67. The smallest absolute Gasteiger partial charge is 0.410 e. The Bertz CT molecular complexity index is 910. The Labute approximate surface area is 176 Å². The van der Waals surface area contributed by atoms with Crippen LogP contribution in [0.15, 0.2) is 42.5 Å². The van der Waals surface area contributed by atoms with Crippen molar-refractivity contribution in [1.82, 2.24) is 9.80 Å². The minimum atomic E-state index is -0.977. The van der Waals surface area contributed by atoms with Crippen LogP contribution in [0.5, 0.6) is 11.5 Å². The molecule has 0 heterocycles. The highest BCUT2D eigenvalue weighted by Crippen LogP contribution is 2.28. The minimum absolute atomic E-state index is 0.140. The first-order chi connectivity index (χ1) is 14.2. The number of rotatable bonds is 6. The molecular weight excluding hydrogens is 386 g/mol. The van der Waals surface area contributed by atoms with Gasteiger partial charge in [-0.2, -0.15) is 0 Å². The molecule has 2 rings (SSSR count). The van der Waals surface area contributed by atoms with Crippen LogP contribution in [0.1, 0.15) is 17.2 Å². The summed E-state index contributed by atoms with van der Waals surface area (Å²) in [7, 11) is 6.18. The number of hydrogen-bond donors (Lipinski definition) is 2. The summed E-state index contributed by atoms with van der Waals surface area (Å²) in [5.74, 6) is 2.83. The molecule has 0 saturated heterocycles. The number of aliphatic hydroxyl groups is 1. The van der Waals surface area contributed by atoms with Crippen molar-refractivity contribution in [3.63, 3.8) is 0 Å². The predicted molar refractivity (Wildman–Crippen MR) is 114 cm³/mol. The Morgan fingerprint density at radius 1 is 1.03 bits per heavy atom. The number of anilines is 1. The normalized spacial score (nSPS) is 11.1. The van der Waals surface area contributed by atoms with E-state index in [-0.39, 0.29) is 18.0 Å². The summed E-state index contributed by atoms with van der Waals surface area (Å²) >= 11 is 0. The molecule has 2 amide bonds. The lowest BCUT2D eigenvalue weighted by Gasteiger charge is -2.18. The molecule has 30 heavy (non-hydrogen) atoms. The highest BCUT2D eigenvalue weighted by molar-refractivity contribution is 5.72. The summed E-state index contributed by atoms with van der Waals surface area (Å²) in [5.41, 5.74) is 1.87. The van der Waals surface area contributed by atoms with Gasteiger partial charge in [-0.3, -0.25) is 0 Å². The summed E-state index contributed by atoms with van der Waals surface area (Å²) in [6.45, 7) is 0.153. The highest BCUT2D eigenvalue weighted by atomic mass is 16.6. The summed E-state index contributed by atoms with van der Waals surface area (Å²) in [4.78, 5) is 26.3. The van der Waals surface area contributed by atoms with E-state index in [4.69, 9.17) is 15.9 Å². The number of benzene rings is 2. The van der Waals surface area contributed by atoms with Gasteiger partial charge in [-0.1, -0.05) is 12.0 Å². The van der Waals surface area contributed by atoms with Crippen molar-refractivity contribution in [2.24, 2.45) is 0 Å². The average Bonchev–Trinajstić information content (AvgIpc) is 2.71. The fourth-order valence-corrected chi connectivity index (χ4v) is 2.34. The van der Waals surface area contributed by atoms with Gasteiger partial charge in [0.2, 0.25) is 0 Å². The third kappa shape index (κ3) is 6.43. The lowest BCUT2D eigenvalue weighted by atomic mass is 10.1. The molecule has 1 atom stereocenters. The molecule has 1 unspecified atom stereocenters. The Hall–Kier alpha value is -3.70. The van der Waals surface area contributed by atoms with Crippen LogP contribution >= 0.6 is 0 Å². The molecule has 0 aliphatic carbocycles. The van der Waals surface area contributed by atoms with Crippen LogP contribution in [-0.2, 0) is 0 Å². The second-order valence-corrected chi connectivity index (χ2v) is 6.88. The van der Waals surface area contributed by atoms with Crippen molar-refractivity contribution in [3.8, 4) is 23.8 Å². The SMILES string of the molecule is C#Cc1cccc(NCC(O)c2cc(OC(=O)N(C)C)cc(OC(=O)N(C)C)c2)c1. The summed E-state index contributed by atoms with van der Waals surface area (Å²) in [6.07, 6.45) is 3.22. The number of ether oxygens (including phenoxy) is 2. The number of carbonyl (C=O) groups is 2. The molecule has 158 valence electrons. The van der Waals surface area contributed by atoms with E-state index in [9.17, 15) is 14.7 Å². The maximum Gasteiger partial charge on any atom is 0.414 e. The van der Waals surface area contributed by atoms with Crippen molar-refractivity contribution in [2.75, 3.05) is 40.1 Å². The van der Waals surface area contributed by atoms with E-state index in [0.29, 0.717) is 11.1 Å². The largest absolute Gasteiger partial charge is 0.414 e. The minimum Gasteiger partial charge on any atom is -0.410 e. The molecule has 0 bridgehead atoms. The van der Waals surface area contributed by atoms with Gasteiger partial charge in [0, 0.05) is 52.1 Å². The average molecular weight is 411 g/mol. The van der Waals surface area contributed by atoms with Crippen LogP contribution in [0, 0.1) is 12.3 Å². The van der Waals surface area contributed by atoms with E-state index < -0.39 is 18.3 Å². The zero-order valence-electron chi connectivity index (χ0n) is 17.4. The molecular formula is C22H25N3O5. The highest BCUT2D eigenvalue weighted by Gasteiger charge is 2.16. The molecule has 0 aliphatic heterocycles. The van der Waals surface area contributed by atoms with Gasteiger partial charge < -0.3 is 29.7 Å². The number of terminal acetylenes is 1.